The summed E-state index contributed by atoms with van der Waals surface area (Å²) in [6.45, 7) is 5.97. The van der Waals surface area contributed by atoms with E-state index in [2.05, 4.69) is 9.97 Å². The van der Waals surface area contributed by atoms with Gasteiger partial charge in [0.25, 0.3) is 0 Å². The molecule has 1 aliphatic carbocycles. The van der Waals surface area contributed by atoms with E-state index in [9.17, 15) is 92.4 Å². The van der Waals surface area contributed by atoms with Gasteiger partial charge in [0.15, 0.2) is 61.4 Å². The summed E-state index contributed by atoms with van der Waals surface area (Å²) in [4.78, 5) is 109. The zero-order chi connectivity index (χ0) is 62.8. The summed E-state index contributed by atoms with van der Waals surface area (Å²) in [7, 11) is -5.84. The molecule has 16 atom stereocenters. The number of hydrogen-bond acceptors (Lipinski definition) is 30. The number of nitrogens with zero attached hydrogens (tertiary/aromatic N) is 2. The van der Waals surface area contributed by atoms with Crippen molar-refractivity contribution in [2.75, 3.05) is 0 Å². The normalized spacial score (nSPS) is 24.5. The van der Waals surface area contributed by atoms with Gasteiger partial charge in [-0.25, -0.2) is 38.4 Å². The topological polar surface area (TPSA) is 471 Å². The van der Waals surface area contributed by atoms with Gasteiger partial charge in [0.2, 0.25) is 0 Å². The van der Waals surface area contributed by atoms with Crippen molar-refractivity contribution in [1.29, 1.82) is 0 Å². The third kappa shape index (κ3) is 24.3. The summed E-state index contributed by atoms with van der Waals surface area (Å²) in [6, 6.07) is 6.06. The molecule has 36 heteroatoms. The number of pyridine rings is 2. The Kier molecular flexibility index (Phi) is 33.8. The Morgan fingerprint density at radius 2 is 0.756 bits per heavy atom. The zero-order valence-corrected chi connectivity index (χ0v) is 49.7. The maximum Gasteiger partial charge on any atom is 2.00 e. The van der Waals surface area contributed by atoms with Crippen molar-refractivity contribution in [2.24, 2.45) is 0 Å². The Balaban J connectivity index is 0.00000401. The molecule has 3 fully saturated rings. The van der Waals surface area contributed by atoms with Gasteiger partial charge >= 0.3 is 82.9 Å². The van der Waals surface area contributed by atoms with Crippen LogP contribution >= 0.6 is 0 Å². The number of hydrogen-bond donors (Lipinski definition) is 9. The molecule has 2 aromatic heterocycles. The van der Waals surface area contributed by atoms with Gasteiger partial charge in [-0.2, -0.15) is 21.6 Å². The molecule has 31 nitrogen and oxygen atoms in total. The summed E-state index contributed by atoms with van der Waals surface area (Å²) in [5.74, 6) is -9.71. The van der Waals surface area contributed by atoms with Crippen LogP contribution < -0.4 is 0 Å². The van der Waals surface area contributed by atoms with Crippen LogP contribution in [0.3, 0.4) is 0 Å². The first-order valence-corrected chi connectivity index (χ1v) is 26.3. The van der Waals surface area contributed by atoms with Crippen LogP contribution in [0.4, 0.5) is 13.2 Å². The summed E-state index contributed by atoms with van der Waals surface area (Å²) in [5.41, 5.74) is -4.13. The number of halogens is 3. The fraction of sp³-hybridized carbons (Fsp3) is 0.600. The van der Waals surface area contributed by atoms with Crippen LogP contribution in [0.15, 0.2) is 36.7 Å². The average molecular weight is 1350 g/mol. The number of esters is 8. The minimum atomic E-state index is -5.84. The number of aromatic nitrogens is 2. The molecule has 3 aliphatic rings. The summed E-state index contributed by atoms with van der Waals surface area (Å²) in [5, 5.41) is 77.9. The summed E-state index contributed by atoms with van der Waals surface area (Å²) in [6.07, 6.45) is -19.3. The van der Waals surface area contributed by atoms with E-state index >= 15 is 0 Å². The van der Waals surface area contributed by atoms with Gasteiger partial charge in [-0.3, -0.25) is 14.5 Å². The number of alkyl halides is 3. The standard InChI is InChI=1S/C42H52N2O26.C5H10.CHF3O3S.2CH3.Ru/c1-15(63-35(53)17(3)65-37(55)19(5)67-41(59)31-27(47)25(45)29(49)39(57)69-31)33(51)61-13-21-7-9-43-23(11-21)24-12-22(8-10-44-24)14-62-34(52)16(2)64-36(54)18(4)66-38(56)20(6)68-42(60)32-28(48)26(46)30(50)40(58)70-32;1-2-4-5-3-1;2-1(3,4)8(5,6)7;;;/h7-12,15-20,25-32,39-40,45-50,57-58H,13-14H2,1-6H3;1-5H2;(H,5,6,7);2*1H3;/q;;;2*-1;+2/t15?,16?,17?,18?,19?,20?,25-,26+,27-,28+,29+,30-,31-,32+,39+,40-;;;;;. The first-order valence-electron chi connectivity index (χ1n) is 24.8. The van der Waals surface area contributed by atoms with Gasteiger partial charge in [-0.1, -0.05) is 32.1 Å². The van der Waals surface area contributed by atoms with E-state index in [0.29, 0.717) is 22.5 Å². The Morgan fingerprint density at radius 1 is 0.500 bits per heavy atom. The van der Waals surface area contributed by atoms with E-state index in [1.807, 2.05) is 0 Å². The molecule has 0 aromatic carbocycles. The van der Waals surface area contributed by atoms with E-state index in [0.717, 1.165) is 27.7 Å². The molecule has 2 saturated heterocycles. The summed E-state index contributed by atoms with van der Waals surface area (Å²) >= 11 is 0. The van der Waals surface area contributed by atoms with Gasteiger partial charge in [0, 0.05) is 12.4 Å². The van der Waals surface area contributed by atoms with Gasteiger partial charge < -0.3 is 103 Å². The van der Waals surface area contributed by atoms with E-state index < -0.39 is 161 Å². The molecular weight excluding hydrogens is 1280 g/mol. The summed E-state index contributed by atoms with van der Waals surface area (Å²) < 4.78 is 107. The van der Waals surface area contributed by atoms with Crippen LogP contribution in [0.5, 0.6) is 0 Å². The van der Waals surface area contributed by atoms with Crippen molar-refractivity contribution in [1.82, 2.24) is 9.97 Å². The van der Waals surface area contributed by atoms with Crippen LogP contribution in [-0.4, -0.2) is 215 Å². The molecule has 0 spiro atoms. The second-order valence-electron chi connectivity index (χ2n) is 18.3. The number of ether oxygens (including phenoxy) is 10. The van der Waals surface area contributed by atoms with E-state index in [1.54, 1.807) is 0 Å². The Morgan fingerprint density at radius 3 is 1.02 bits per heavy atom. The van der Waals surface area contributed by atoms with Crippen LogP contribution in [0.1, 0.15) is 84.8 Å². The molecular formula is C50H69F3N2O29RuS. The van der Waals surface area contributed by atoms with Crippen molar-refractivity contribution < 1.29 is 172 Å². The molecule has 0 bridgehead atoms. The zero-order valence-electron chi connectivity index (χ0n) is 47.1. The Hall–Kier alpha value is -6.02. The Labute approximate surface area is 502 Å². The van der Waals surface area contributed by atoms with Crippen LogP contribution in [-0.2, 0) is 129 Å². The van der Waals surface area contributed by atoms with Gasteiger partial charge in [0.05, 0.1) is 11.4 Å². The maximum absolute atomic E-state index is 12.7. The molecule has 1 saturated carbocycles. The largest absolute Gasteiger partial charge is 2.00 e. The number of carbonyl (C=O) groups excluding carboxylic acids is 8. The molecule has 2 aromatic rings. The van der Waals surface area contributed by atoms with E-state index in [4.69, 9.17) is 60.3 Å². The van der Waals surface area contributed by atoms with Crippen molar-refractivity contribution >= 4 is 57.9 Å². The van der Waals surface area contributed by atoms with Gasteiger partial charge in [0.1, 0.15) is 49.8 Å². The first-order chi connectivity index (χ1) is 38.5. The quantitative estimate of drug-likeness (QED) is 0.0196. The number of aliphatic hydroxyl groups excluding tert-OH is 8. The monoisotopic (exact) mass is 1350 g/mol. The van der Waals surface area contributed by atoms with Crippen LogP contribution in [0.25, 0.3) is 11.4 Å². The first kappa shape index (κ1) is 80.0. The predicted molar refractivity (Wildman–Crippen MR) is 272 cm³/mol. The van der Waals surface area contributed by atoms with Crippen molar-refractivity contribution in [3.63, 3.8) is 0 Å². The molecule has 0 amide bonds. The minimum absolute atomic E-state index is 0. The van der Waals surface area contributed by atoms with Crippen molar-refractivity contribution in [3.05, 3.63) is 62.6 Å². The third-order valence-electron chi connectivity index (χ3n) is 11.6. The number of rotatable bonds is 19. The van der Waals surface area contributed by atoms with Gasteiger partial charge in [-0.05, 0) is 76.9 Å². The number of aliphatic hydroxyl groups is 8. The van der Waals surface area contributed by atoms with E-state index in [1.165, 1.54) is 82.6 Å². The van der Waals surface area contributed by atoms with Crippen molar-refractivity contribution in [3.8, 4) is 11.4 Å². The fourth-order valence-corrected chi connectivity index (χ4v) is 6.80. The molecule has 4 heterocycles. The van der Waals surface area contributed by atoms with E-state index in [-0.39, 0.29) is 47.5 Å². The van der Waals surface area contributed by atoms with Crippen LogP contribution in [0.2, 0.25) is 0 Å². The van der Waals surface area contributed by atoms with Gasteiger partial charge in [-0.15, -0.1) is 0 Å². The molecule has 6 unspecified atom stereocenters. The SMILES string of the molecule is C1CCCC1.CC(OC(=O)C(C)OC(=O)C(C)OC(=O)[C@H]1O[C@@H](O)[C@H](O)[C@@H](O)[C@@H]1O)C(=O)OCc1ccnc(-c2cc(COC(=O)C(C)OC(=O)C(C)OC(=O)C(C)OC(=O)[C@@H]3O[C@H](O)[C@@H](O)[C@H](O)[C@H]3O)ccn2)c1.O=S(=O)(O)C(F)(F)F.[CH3-].[CH3-].[Ru+2]. The second kappa shape index (κ2) is 36.3. The fourth-order valence-electron chi connectivity index (χ4n) is 6.80. The van der Waals surface area contributed by atoms with Crippen LogP contribution in [0, 0.1) is 14.9 Å². The molecule has 488 valence electrons. The van der Waals surface area contributed by atoms with Crippen molar-refractivity contribution in [2.45, 2.75) is 190 Å². The molecule has 2 aliphatic heterocycles. The maximum atomic E-state index is 12.7. The molecule has 0 radical (unpaired) electrons. The predicted octanol–water partition coefficient (Wildman–Crippen LogP) is -1.34. The molecule has 9 N–H and O–H groups in total. The third-order valence-corrected chi connectivity index (χ3v) is 12.2. The second-order valence-corrected chi connectivity index (χ2v) is 19.7. The smallest absolute Gasteiger partial charge is 0.458 e. The average Bonchev–Trinajstić information content (AvgIpc) is 3.21. The molecule has 5 rings (SSSR count). The molecule has 86 heavy (non-hydrogen) atoms. The minimum Gasteiger partial charge on any atom is -0.458 e. The number of carbonyl (C=O) groups is 8. The Bertz CT molecular complexity index is 2510.